The third-order valence-corrected chi connectivity index (χ3v) is 6.71. The lowest BCUT2D eigenvalue weighted by atomic mass is 10.2. The first-order valence-electron chi connectivity index (χ1n) is 9.57. The summed E-state index contributed by atoms with van der Waals surface area (Å²) in [4.78, 5) is 21.8. The molecule has 2 heterocycles. The van der Waals surface area contributed by atoms with Crippen LogP contribution in [0.5, 0.6) is 0 Å². The highest BCUT2D eigenvalue weighted by molar-refractivity contribution is 7.22. The van der Waals surface area contributed by atoms with Crippen LogP contribution in [0, 0.1) is 6.92 Å². The van der Waals surface area contributed by atoms with Gasteiger partial charge in [-0.25, -0.2) is 4.98 Å². The third kappa shape index (κ3) is 4.83. The van der Waals surface area contributed by atoms with Crippen molar-refractivity contribution in [3.63, 3.8) is 0 Å². The largest absolute Gasteiger partial charge is 0.351 e. The van der Waals surface area contributed by atoms with Crippen molar-refractivity contribution in [1.82, 2.24) is 15.2 Å². The average molecular weight is 449 g/mol. The lowest BCUT2D eigenvalue weighted by Crippen LogP contribution is -2.48. The Morgan fingerprint density at radius 3 is 2.72 bits per heavy atom. The smallest absolute Gasteiger partial charge is 0.252 e. The van der Waals surface area contributed by atoms with Crippen LogP contribution in [0.15, 0.2) is 36.4 Å². The van der Waals surface area contributed by atoms with Crippen LogP contribution in [0.1, 0.15) is 15.9 Å². The van der Waals surface area contributed by atoms with Crippen LogP contribution in [0.4, 0.5) is 5.13 Å². The molecule has 1 N–H and O–H groups in total. The molecule has 1 fully saturated rings. The number of aromatic nitrogens is 1. The number of hydrogen-bond donors (Lipinski definition) is 1. The zero-order valence-electron chi connectivity index (χ0n) is 16.1. The highest BCUT2D eigenvalue weighted by Gasteiger charge is 2.20. The van der Waals surface area contributed by atoms with E-state index in [2.05, 4.69) is 40.2 Å². The van der Waals surface area contributed by atoms with Gasteiger partial charge in [-0.15, -0.1) is 0 Å². The van der Waals surface area contributed by atoms with Crippen LogP contribution in [-0.2, 0) is 0 Å². The van der Waals surface area contributed by atoms with Crippen molar-refractivity contribution in [3.8, 4) is 0 Å². The van der Waals surface area contributed by atoms with Gasteiger partial charge in [0.2, 0.25) is 0 Å². The summed E-state index contributed by atoms with van der Waals surface area (Å²) in [5.74, 6) is -0.194. The number of carbonyl (C=O) groups is 1. The Bertz CT molecular complexity index is 1030. The lowest BCUT2D eigenvalue weighted by Gasteiger charge is -2.34. The zero-order valence-corrected chi connectivity index (χ0v) is 18.4. The van der Waals surface area contributed by atoms with E-state index in [-0.39, 0.29) is 5.91 Å². The van der Waals surface area contributed by atoms with E-state index in [0.29, 0.717) is 22.2 Å². The number of carbonyl (C=O) groups excluding carboxylic acids is 1. The molecule has 1 aliphatic rings. The van der Waals surface area contributed by atoms with Gasteiger partial charge < -0.3 is 10.2 Å². The van der Waals surface area contributed by atoms with E-state index < -0.39 is 0 Å². The van der Waals surface area contributed by atoms with Crippen molar-refractivity contribution < 1.29 is 4.79 Å². The van der Waals surface area contributed by atoms with Gasteiger partial charge in [0.05, 0.1) is 20.8 Å². The molecule has 8 heteroatoms. The maximum atomic E-state index is 12.3. The summed E-state index contributed by atoms with van der Waals surface area (Å²) in [5, 5.41) is 4.93. The molecule has 1 aliphatic heterocycles. The number of halogens is 2. The number of anilines is 1. The number of thiazole rings is 1. The van der Waals surface area contributed by atoms with Gasteiger partial charge in [-0.05, 0) is 42.8 Å². The molecule has 1 saturated heterocycles. The first-order valence-corrected chi connectivity index (χ1v) is 11.1. The Balaban J connectivity index is 1.26. The number of hydrogen-bond acceptors (Lipinski definition) is 5. The second-order valence-electron chi connectivity index (χ2n) is 7.18. The molecule has 1 aromatic heterocycles. The summed E-state index contributed by atoms with van der Waals surface area (Å²) < 4.78 is 1.24. The SMILES string of the molecule is Cc1ccc2nc(N3CCN(CCNC(=O)c4cc(Cl)ccc4Cl)CC3)sc2c1. The number of fused-ring (bicyclic) bond motifs is 1. The van der Waals surface area contributed by atoms with Gasteiger partial charge >= 0.3 is 0 Å². The highest BCUT2D eigenvalue weighted by Crippen LogP contribution is 2.30. The molecule has 152 valence electrons. The molecule has 5 nitrogen and oxygen atoms in total. The molecule has 3 aromatic rings. The predicted molar refractivity (Wildman–Crippen MR) is 122 cm³/mol. The van der Waals surface area contributed by atoms with Gasteiger partial charge in [-0.1, -0.05) is 40.6 Å². The number of benzene rings is 2. The Hall–Kier alpha value is -1.86. The van der Waals surface area contributed by atoms with Crippen LogP contribution in [-0.4, -0.2) is 55.1 Å². The molecule has 0 radical (unpaired) electrons. The molecule has 0 aliphatic carbocycles. The van der Waals surface area contributed by atoms with E-state index in [0.717, 1.165) is 43.4 Å². The topological polar surface area (TPSA) is 48.5 Å². The second-order valence-corrected chi connectivity index (χ2v) is 9.03. The first-order chi connectivity index (χ1) is 14.0. The number of rotatable bonds is 5. The van der Waals surface area contributed by atoms with Crippen LogP contribution in [0.25, 0.3) is 10.2 Å². The van der Waals surface area contributed by atoms with Crippen molar-refractivity contribution in [3.05, 3.63) is 57.6 Å². The van der Waals surface area contributed by atoms with Gasteiger partial charge in [0.25, 0.3) is 5.91 Å². The molecular formula is C21H22Cl2N4OS. The predicted octanol–water partition coefficient (Wildman–Crippen LogP) is 4.46. The fraction of sp³-hybridized carbons (Fsp3) is 0.333. The van der Waals surface area contributed by atoms with Crippen molar-refractivity contribution in [2.24, 2.45) is 0 Å². The summed E-state index contributed by atoms with van der Waals surface area (Å²) in [6.45, 7) is 7.25. The minimum absolute atomic E-state index is 0.194. The number of nitrogens with zero attached hydrogens (tertiary/aromatic N) is 3. The highest BCUT2D eigenvalue weighted by atomic mass is 35.5. The quantitative estimate of drug-likeness (QED) is 0.625. The van der Waals surface area contributed by atoms with Crippen molar-refractivity contribution in [2.75, 3.05) is 44.2 Å². The molecule has 0 bridgehead atoms. The van der Waals surface area contributed by atoms with Crippen molar-refractivity contribution in [1.29, 1.82) is 0 Å². The summed E-state index contributed by atoms with van der Waals surface area (Å²) in [6, 6.07) is 11.3. The molecule has 29 heavy (non-hydrogen) atoms. The number of piperazine rings is 1. The molecule has 0 spiro atoms. The molecule has 1 amide bonds. The van der Waals surface area contributed by atoms with E-state index >= 15 is 0 Å². The maximum absolute atomic E-state index is 12.3. The van der Waals surface area contributed by atoms with E-state index in [4.69, 9.17) is 28.2 Å². The van der Waals surface area contributed by atoms with E-state index in [9.17, 15) is 4.79 Å². The van der Waals surface area contributed by atoms with E-state index in [1.54, 1.807) is 29.5 Å². The summed E-state index contributed by atoms with van der Waals surface area (Å²) in [6.07, 6.45) is 0. The van der Waals surface area contributed by atoms with Crippen LogP contribution < -0.4 is 10.2 Å². The molecular weight excluding hydrogens is 427 g/mol. The normalized spacial score (nSPS) is 15.1. The minimum Gasteiger partial charge on any atom is -0.351 e. The second kappa shape index (κ2) is 8.88. The average Bonchev–Trinajstić information content (AvgIpc) is 3.13. The van der Waals surface area contributed by atoms with Gasteiger partial charge in [-0.2, -0.15) is 0 Å². The maximum Gasteiger partial charge on any atom is 0.252 e. The Morgan fingerprint density at radius 2 is 1.93 bits per heavy atom. The van der Waals surface area contributed by atoms with Crippen LogP contribution in [0.3, 0.4) is 0 Å². The summed E-state index contributed by atoms with van der Waals surface area (Å²) in [5.41, 5.74) is 2.74. The Labute approximate surface area is 184 Å². The number of aryl methyl sites for hydroxylation is 1. The van der Waals surface area contributed by atoms with Crippen molar-refractivity contribution in [2.45, 2.75) is 6.92 Å². The van der Waals surface area contributed by atoms with Crippen LogP contribution in [0.2, 0.25) is 10.0 Å². The van der Waals surface area contributed by atoms with Gasteiger partial charge in [0.15, 0.2) is 5.13 Å². The van der Waals surface area contributed by atoms with Crippen LogP contribution >= 0.6 is 34.5 Å². The molecule has 0 atom stereocenters. The van der Waals surface area contributed by atoms with E-state index in [1.165, 1.54) is 10.3 Å². The Morgan fingerprint density at radius 1 is 1.14 bits per heavy atom. The molecule has 0 saturated carbocycles. The fourth-order valence-electron chi connectivity index (χ4n) is 3.41. The van der Waals surface area contributed by atoms with Gasteiger partial charge in [0, 0.05) is 44.3 Å². The van der Waals surface area contributed by atoms with Crippen molar-refractivity contribution >= 4 is 55.8 Å². The number of nitrogens with one attached hydrogen (secondary N) is 1. The fourth-order valence-corrected chi connectivity index (χ4v) is 4.90. The molecule has 2 aromatic carbocycles. The molecule has 4 rings (SSSR count). The summed E-state index contributed by atoms with van der Waals surface area (Å²) >= 11 is 13.8. The van der Waals surface area contributed by atoms with Gasteiger partial charge in [-0.3, -0.25) is 9.69 Å². The first kappa shape index (κ1) is 20.4. The third-order valence-electron chi connectivity index (χ3n) is 5.06. The summed E-state index contributed by atoms with van der Waals surface area (Å²) in [7, 11) is 0. The Kier molecular flexibility index (Phi) is 6.25. The molecule has 0 unspecified atom stereocenters. The monoisotopic (exact) mass is 448 g/mol. The standard InChI is InChI=1S/C21H22Cl2N4OS/c1-14-2-5-18-19(12-14)29-21(25-18)27-10-8-26(9-11-27)7-6-24-20(28)16-13-15(22)3-4-17(16)23/h2-5,12-13H,6-11H2,1H3,(H,24,28). The zero-order chi connectivity index (χ0) is 20.4. The lowest BCUT2D eigenvalue weighted by molar-refractivity contribution is 0.0948. The van der Waals surface area contributed by atoms with E-state index in [1.807, 2.05) is 0 Å². The van der Waals surface area contributed by atoms with Gasteiger partial charge in [0.1, 0.15) is 0 Å². The number of amides is 1. The minimum atomic E-state index is -0.194.